The molecule has 2 aromatic rings. The Balaban J connectivity index is 1.66. The van der Waals surface area contributed by atoms with Crippen LogP contribution in [0.25, 0.3) is 0 Å². The van der Waals surface area contributed by atoms with Gasteiger partial charge in [-0.25, -0.2) is 8.78 Å². The van der Waals surface area contributed by atoms with Gasteiger partial charge in [-0.15, -0.1) is 0 Å². The van der Waals surface area contributed by atoms with Crippen LogP contribution in [0.2, 0.25) is 0 Å². The van der Waals surface area contributed by atoms with Crippen LogP contribution < -0.4 is 10.6 Å². The van der Waals surface area contributed by atoms with Crippen LogP contribution in [-0.2, 0) is 0 Å². The number of carbonyl (C=O) groups excluding carboxylic acids is 2. The Hall–Kier alpha value is -3.23. The summed E-state index contributed by atoms with van der Waals surface area (Å²) >= 11 is 0. The Morgan fingerprint density at radius 2 is 1.86 bits per heavy atom. The molecule has 2 amide bonds. The van der Waals surface area contributed by atoms with Crippen LogP contribution in [0.5, 0.6) is 0 Å². The number of hydrogen-bond donors (Lipinski definition) is 3. The first-order chi connectivity index (χ1) is 13.4. The summed E-state index contributed by atoms with van der Waals surface area (Å²) in [4.78, 5) is 26.9. The number of amides is 2. The van der Waals surface area contributed by atoms with E-state index in [-0.39, 0.29) is 17.4 Å². The first-order valence-electron chi connectivity index (χ1n) is 8.87. The molecule has 148 valence electrons. The third-order valence-corrected chi connectivity index (χ3v) is 4.67. The lowest BCUT2D eigenvalue weighted by Gasteiger charge is -2.33. The highest BCUT2D eigenvalue weighted by molar-refractivity contribution is 6.08. The Morgan fingerprint density at radius 3 is 2.46 bits per heavy atom. The van der Waals surface area contributed by atoms with Gasteiger partial charge in [0.15, 0.2) is 0 Å². The number of nitrogens with zero attached hydrogens (tertiary/aromatic N) is 2. The largest absolute Gasteiger partial charge is 0.375 e. The summed E-state index contributed by atoms with van der Waals surface area (Å²) in [5.41, 5.74) is 0.336. The number of piperidine rings is 1. The Kier molecular flexibility index (Phi) is 5.72. The van der Waals surface area contributed by atoms with Gasteiger partial charge in [0.25, 0.3) is 11.8 Å². The van der Waals surface area contributed by atoms with Crippen molar-refractivity contribution in [3.63, 3.8) is 0 Å². The highest BCUT2D eigenvalue weighted by Crippen LogP contribution is 2.19. The molecule has 0 atom stereocenters. The minimum atomic E-state index is -0.999. The number of allylic oxidation sites excluding steroid dienone is 1. The minimum absolute atomic E-state index is 0.0208. The van der Waals surface area contributed by atoms with E-state index in [4.69, 9.17) is 0 Å². The Labute approximate surface area is 160 Å². The summed E-state index contributed by atoms with van der Waals surface area (Å²) in [6.07, 6.45) is 2.74. The molecule has 3 N–H and O–H groups in total. The van der Waals surface area contributed by atoms with Crippen molar-refractivity contribution in [3.8, 4) is 0 Å². The van der Waals surface area contributed by atoms with Crippen LogP contribution in [0.15, 0.2) is 36.7 Å². The van der Waals surface area contributed by atoms with E-state index in [9.17, 15) is 18.4 Å². The molecule has 1 aromatic carbocycles. The van der Waals surface area contributed by atoms with Crippen LogP contribution >= 0.6 is 0 Å². The van der Waals surface area contributed by atoms with E-state index in [2.05, 4.69) is 32.3 Å². The number of hydrogen-bond acceptors (Lipinski definition) is 4. The third kappa shape index (κ3) is 4.19. The lowest BCUT2D eigenvalue weighted by molar-refractivity contribution is 0.0914. The van der Waals surface area contributed by atoms with E-state index < -0.39 is 29.0 Å². The molecule has 1 aliphatic heterocycles. The highest BCUT2D eigenvalue weighted by Gasteiger charge is 2.24. The summed E-state index contributed by atoms with van der Waals surface area (Å²) < 4.78 is 27.5. The van der Waals surface area contributed by atoms with Gasteiger partial charge in [-0.2, -0.15) is 5.10 Å². The second-order valence-electron chi connectivity index (χ2n) is 6.68. The lowest BCUT2D eigenvalue weighted by atomic mass is 10.0. The van der Waals surface area contributed by atoms with Crippen molar-refractivity contribution >= 4 is 17.5 Å². The number of rotatable bonds is 5. The number of likely N-dealkylation sites (tertiary alicyclic amines) is 1. The van der Waals surface area contributed by atoms with E-state index in [1.807, 2.05) is 6.92 Å². The molecule has 2 heterocycles. The second-order valence-corrected chi connectivity index (χ2v) is 6.68. The predicted molar refractivity (Wildman–Crippen MR) is 99.8 cm³/mol. The van der Waals surface area contributed by atoms with Crippen molar-refractivity contribution in [2.24, 2.45) is 0 Å². The molecular weight excluding hydrogens is 368 g/mol. The topological polar surface area (TPSA) is 90.1 Å². The molecule has 7 nitrogen and oxygen atoms in total. The number of halogens is 2. The molecular formula is C19H21F2N5O2. The number of carbonyl (C=O) groups is 2. The van der Waals surface area contributed by atoms with Gasteiger partial charge >= 0.3 is 0 Å². The zero-order valence-corrected chi connectivity index (χ0v) is 15.4. The van der Waals surface area contributed by atoms with Crippen molar-refractivity contribution in [2.75, 3.05) is 18.4 Å². The summed E-state index contributed by atoms with van der Waals surface area (Å²) in [6, 6.07) is 3.10. The van der Waals surface area contributed by atoms with Gasteiger partial charge in [0.1, 0.15) is 22.9 Å². The smallest absolute Gasteiger partial charge is 0.271 e. The molecule has 3 rings (SSSR count). The molecule has 1 saturated heterocycles. The fourth-order valence-corrected chi connectivity index (χ4v) is 3.12. The monoisotopic (exact) mass is 389 g/mol. The van der Waals surface area contributed by atoms with Gasteiger partial charge in [-0.3, -0.25) is 14.7 Å². The number of aromatic nitrogens is 2. The van der Waals surface area contributed by atoms with Gasteiger partial charge in [0.2, 0.25) is 0 Å². The first-order valence-corrected chi connectivity index (χ1v) is 8.87. The fraction of sp³-hybridized carbons (Fsp3) is 0.316. The molecule has 1 aliphatic rings. The van der Waals surface area contributed by atoms with Crippen LogP contribution in [0.4, 0.5) is 14.5 Å². The molecule has 1 aromatic heterocycles. The van der Waals surface area contributed by atoms with Crippen LogP contribution in [-0.4, -0.2) is 46.0 Å². The van der Waals surface area contributed by atoms with Crippen molar-refractivity contribution in [1.82, 2.24) is 20.4 Å². The van der Waals surface area contributed by atoms with Gasteiger partial charge in [0.05, 0.1) is 11.9 Å². The van der Waals surface area contributed by atoms with Gasteiger partial charge in [-0.05, 0) is 31.9 Å². The number of aromatic amines is 1. The Morgan fingerprint density at radius 1 is 1.21 bits per heavy atom. The van der Waals surface area contributed by atoms with E-state index in [0.29, 0.717) is 0 Å². The number of benzene rings is 1. The van der Waals surface area contributed by atoms with E-state index >= 15 is 0 Å². The minimum Gasteiger partial charge on any atom is -0.375 e. The highest BCUT2D eigenvalue weighted by atomic mass is 19.1. The third-order valence-electron chi connectivity index (χ3n) is 4.67. The maximum Gasteiger partial charge on any atom is 0.271 e. The zero-order valence-electron chi connectivity index (χ0n) is 15.4. The fourth-order valence-electron chi connectivity index (χ4n) is 3.12. The van der Waals surface area contributed by atoms with Crippen molar-refractivity contribution in [1.29, 1.82) is 0 Å². The number of nitrogens with one attached hydrogen (secondary N) is 3. The van der Waals surface area contributed by atoms with Crippen LogP contribution in [0, 0.1) is 11.6 Å². The van der Waals surface area contributed by atoms with Crippen molar-refractivity contribution in [2.45, 2.75) is 25.8 Å². The van der Waals surface area contributed by atoms with Crippen molar-refractivity contribution in [3.05, 3.63) is 59.6 Å². The lowest BCUT2D eigenvalue weighted by Crippen LogP contribution is -2.44. The number of anilines is 1. The standard InChI is InChI=1S/C19H21F2N5O2/c1-11(2)26-8-6-12(7-9-26)23-19(28)17-15(10-22-25-17)24-18(27)16-13(20)4-3-5-14(16)21/h3-5,10,12H,1,6-9H2,2H3,(H,22,25)(H,23,28)(H,24,27). The van der Waals surface area contributed by atoms with Gasteiger partial charge < -0.3 is 15.5 Å². The maximum atomic E-state index is 13.8. The molecule has 0 aliphatic carbocycles. The SMILES string of the molecule is C=C(C)N1CCC(NC(=O)c2[nH]ncc2NC(=O)c2c(F)cccc2F)CC1. The normalized spacial score (nSPS) is 14.6. The molecule has 0 bridgehead atoms. The average Bonchev–Trinajstić information content (AvgIpc) is 3.10. The summed E-state index contributed by atoms with van der Waals surface area (Å²) in [5.74, 6) is -3.43. The summed E-state index contributed by atoms with van der Waals surface area (Å²) in [5, 5.41) is 11.5. The van der Waals surface area contributed by atoms with E-state index in [1.54, 1.807) is 0 Å². The molecule has 0 radical (unpaired) electrons. The molecule has 1 fully saturated rings. The molecule has 28 heavy (non-hydrogen) atoms. The summed E-state index contributed by atoms with van der Waals surface area (Å²) in [6.45, 7) is 7.44. The van der Waals surface area contributed by atoms with Crippen molar-refractivity contribution < 1.29 is 18.4 Å². The molecule has 9 heteroatoms. The first kappa shape index (κ1) is 19.5. The second kappa shape index (κ2) is 8.20. The number of H-pyrrole nitrogens is 1. The quantitative estimate of drug-likeness (QED) is 0.733. The summed E-state index contributed by atoms with van der Waals surface area (Å²) in [7, 11) is 0. The molecule has 0 spiro atoms. The predicted octanol–water partition coefficient (Wildman–Crippen LogP) is 2.67. The zero-order chi connectivity index (χ0) is 20.3. The van der Waals surface area contributed by atoms with E-state index in [0.717, 1.165) is 49.8 Å². The van der Waals surface area contributed by atoms with E-state index in [1.165, 1.54) is 6.20 Å². The molecule has 0 unspecified atom stereocenters. The van der Waals surface area contributed by atoms with Crippen LogP contribution in [0.1, 0.15) is 40.6 Å². The van der Waals surface area contributed by atoms with Gasteiger partial charge in [0, 0.05) is 24.8 Å². The maximum absolute atomic E-state index is 13.8. The average molecular weight is 389 g/mol. The molecule has 0 saturated carbocycles. The van der Waals surface area contributed by atoms with Gasteiger partial charge in [-0.1, -0.05) is 12.6 Å². The Bertz CT molecular complexity index is 883. The van der Waals surface area contributed by atoms with Crippen LogP contribution in [0.3, 0.4) is 0 Å².